The van der Waals surface area contributed by atoms with Crippen LogP contribution in [0.2, 0.25) is 0 Å². The molecule has 0 aliphatic carbocycles. The summed E-state index contributed by atoms with van der Waals surface area (Å²) in [6.45, 7) is 0. The summed E-state index contributed by atoms with van der Waals surface area (Å²) >= 11 is 0. The molecule has 0 bridgehead atoms. The number of benzene rings is 1. The third kappa shape index (κ3) is 2.73. The topological polar surface area (TPSA) is 63.3 Å². The van der Waals surface area contributed by atoms with E-state index in [-0.39, 0.29) is 5.56 Å². The monoisotopic (exact) mass is 233 g/mol. The summed E-state index contributed by atoms with van der Waals surface area (Å²) in [7, 11) is 0. The normalized spacial score (nSPS) is 15.5. The predicted octanol–water partition coefficient (Wildman–Crippen LogP) is 1.74. The number of carboxylic acids is 1. The Kier molecular flexibility index (Phi) is 3.54. The number of hydrogen-bond acceptors (Lipinski definition) is 2. The second kappa shape index (κ2) is 4.52. The molecular formula is C10H10F3NO2. The van der Waals surface area contributed by atoms with E-state index in [9.17, 15) is 18.0 Å². The van der Waals surface area contributed by atoms with Crippen molar-refractivity contribution in [3.05, 3.63) is 35.9 Å². The van der Waals surface area contributed by atoms with Crippen molar-refractivity contribution in [2.45, 2.75) is 18.1 Å². The first-order valence-electron chi connectivity index (χ1n) is 4.44. The third-order valence-corrected chi connectivity index (χ3v) is 2.16. The summed E-state index contributed by atoms with van der Waals surface area (Å²) in [4.78, 5) is 10.5. The van der Waals surface area contributed by atoms with Gasteiger partial charge in [-0.1, -0.05) is 30.3 Å². The minimum atomic E-state index is -4.68. The molecule has 1 unspecified atom stereocenters. The van der Waals surface area contributed by atoms with Crippen LogP contribution in [0.5, 0.6) is 0 Å². The lowest BCUT2D eigenvalue weighted by atomic mass is 9.91. The van der Waals surface area contributed by atoms with Crippen LogP contribution in [0.1, 0.15) is 11.5 Å². The van der Waals surface area contributed by atoms with Gasteiger partial charge in [-0.15, -0.1) is 0 Å². The van der Waals surface area contributed by atoms with Gasteiger partial charge >= 0.3 is 12.1 Å². The van der Waals surface area contributed by atoms with Crippen LogP contribution in [-0.2, 0) is 4.79 Å². The van der Waals surface area contributed by atoms with E-state index in [0.29, 0.717) is 0 Å². The highest BCUT2D eigenvalue weighted by atomic mass is 19.4. The molecule has 3 N–H and O–H groups in total. The van der Waals surface area contributed by atoms with Crippen LogP contribution in [0, 0.1) is 0 Å². The maximum absolute atomic E-state index is 12.7. The Balaban J connectivity index is 3.12. The van der Waals surface area contributed by atoms with Gasteiger partial charge in [0.1, 0.15) is 12.0 Å². The molecule has 0 aliphatic rings. The van der Waals surface area contributed by atoms with E-state index in [2.05, 4.69) is 0 Å². The first kappa shape index (κ1) is 12.5. The van der Waals surface area contributed by atoms with Crippen LogP contribution >= 0.6 is 0 Å². The van der Waals surface area contributed by atoms with Gasteiger partial charge in [-0.3, -0.25) is 4.79 Å². The summed E-state index contributed by atoms with van der Waals surface area (Å²) in [5, 5.41) is 8.55. The van der Waals surface area contributed by atoms with Crippen LogP contribution in [0.3, 0.4) is 0 Å². The van der Waals surface area contributed by atoms with Gasteiger partial charge in [-0.25, -0.2) is 0 Å². The molecule has 0 aromatic heterocycles. The fourth-order valence-electron chi connectivity index (χ4n) is 1.40. The largest absolute Gasteiger partial charge is 0.480 e. The molecule has 6 heteroatoms. The molecule has 16 heavy (non-hydrogen) atoms. The first-order valence-corrected chi connectivity index (χ1v) is 4.44. The summed E-state index contributed by atoms with van der Waals surface area (Å²) in [5.41, 5.74) is 4.91. The summed E-state index contributed by atoms with van der Waals surface area (Å²) in [6.07, 6.45) is -4.68. The quantitative estimate of drug-likeness (QED) is 0.835. The molecule has 0 radical (unpaired) electrons. The number of nitrogens with two attached hydrogens (primary N) is 1. The molecule has 0 saturated heterocycles. The lowest BCUT2D eigenvalue weighted by Gasteiger charge is -2.23. The molecule has 2 atom stereocenters. The maximum Gasteiger partial charge on any atom is 0.397 e. The number of aliphatic carboxylic acids is 1. The summed E-state index contributed by atoms with van der Waals surface area (Å²) in [6, 6.07) is 4.78. The van der Waals surface area contributed by atoms with Crippen molar-refractivity contribution < 1.29 is 23.1 Å². The van der Waals surface area contributed by atoms with E-state index in [1.807, 2.05) is 0 Å². The number of halogens is 3. The summed E-state index contributed by atoms with van der Waals surface area (Å²) in [5.74, 6) is -3.86. The van der Waals surface area contributed by atoms with Gasteiger partial charge in [0, 0.05) is 0 Å². The highest BCUT2D eigenvalue weighted by Gasteiger charge is 2.47. The Morgan fingerprint density at radius 1 is 1.25 bits per heavy atom. The Labute approximate surface area is 89.7 Å². The fourth-order valence-corrected chi connectivity index (χ4v) is 1.40. The Bertz CT molecular complexity index is 364. The molecule has 0 amide bonds. The van der Waals surface area contributed by atoms with Crippen molar-refractivity contribution in [1.29, 1.82) is 0 Å². The Hall–Kier alpha value is -1.56. The van der Waals surface area contributed by atoms with Crippen LogP contribution in [-0.4, -0.2) is 23.3 Å². The lowest BCUT2D eigenvalue weighted by molar-refractivity contribution is -0.167. The fraction of sp³-hybridized carbons (Fsp3) is 0.300. The van der Waals surface area contributed by atoms with Gasteiger partial charge in [-0.2, -0.15) is 13.2 Å². The van der Waals surface area contributed by atoms with Crippen LogP contribution in [0.15, 0.2) is 30.3 Å². The number of carbonyl (C=O) groups is 1. The van der Waals surface area contributed by atoms with Crippen LogP contribution in [0.4, 0.5) is 13.2 Å². The molecule has 0 spiro atoms. The minimum Gasteiger partial charge on any atom is -0.480 e. The SMILES string of the molecule is N[C@@H](C(=O)O)C(c1ccccc1)C(F)(F)F. The van der Waals surface area contributed by atoms with Crippen molar-refractivity contribution in [3.8, 4) is 0 Å². The van der Waals surface area contributed by atoms with Crippen molar-refractivity contribution in [3.63, 3.8) is 0 Å². The van der Waals surface area contributed by atoms with Gasteiger partial charge < -0.3 is 10.8 Å². The van der Waals surface area contributed by atoms with Crippen molar-refractivity contribution >= 4 is 5.97 Å². The molecule has 88 valence electrons. The maximum atomic E-state index is 12.7. The average molecular weight is 233 g/mol. The zero-order valence-electron chi connectivity index (χ0n) is 8.11. The van der Waals surface area contributed by atoms with Crippen LogP contribution in [0.25, 0.3) is 0 Å². The van der Waals surface area contributed by atoms with E-state index in [4.69, 9.17) is 10.8 Å². The van der Waals surface area contributed by atoms with Gasteiger partial charge in [0.25, 0.3) is 0 Å². The number of rotatable bonds is 3. The van der Waals surface area contributed by atoms with Gasteiger partial charge in [0.15, 0.2) is 0 Å². The molecule has 0 aliphatic heterocycles. The van der Waals surface area contributed by atoms with E-state index < -0.39 is 24.1 Å². The summed E-state index contributed by atoms with van der Waals surface area (Å²) < 4.78 is 38.0. The number of alkyl halides is 3. The lowest BCUT2D eigenvalue weighted by Crippen LogP contribution is -2.43. The predicted molar refractivity (Wildman–Crippen MR) is 50.8 cm³/mol. The third-order valence-electron chi connectivity index (χ3n) is 2.16. The minimum absolute atomic E-state index is 0.148. The molecule has 1 rings (SSSR count). The Morgan fingerprint density at radius 2 is 1.75 bits per heavy atom. The highest BCUT2D eigenvalue weighted by Crippen LogP contribution is 2.36. The molecule has 0 heterocycles. The van der Waals surface area contributed by atoms with E-state index >= 15 is 0 Å². The Morgan fingerprint density at radius 3 is 2.12 bits per heavy atom. The molecule has 1 aromatic carbocycles. The van der Waals surface area contributed by atoms with Crippen molar-refractivity contribution in [2.75, 3.05) is 0 Å². The van der Waals surface area contributed by atoms with Gasteiger partial charge in [0.05, 0.1) is 0 Å². The zero-order valence-corrected chi connectivity index (χ0v) is 8.11. The molecular weight excluding hydrogens is 223 g/mol. The zero-order chi connectivity index (χ0) is 12.3. The van der Waals surface area contributed by atoms with E-state index in [1.165, 1.54) is 24.3 Å². The van der Waals surface area contributed by atoms with Gasteiger partial charge in [-0.05, 0) is 5.56 Å². The van der Waals surface area contributed by atoms with Crippen LogP contribution < -0.4 is 5.73 Å². The smallest absolute Gasteiger partial charge is 0.397 e. The van der Waals surface area contributed by atoms with Crippen molar-refractivity contribution in [2.24, 2.45) is 5.73 Å². The molecule has 1 aromatic rings. The first-order chi connectivity index (χ1) is 7.34. The number of hydrogen-bond donors (Lipinski definition) is 2. The molecule has 0 fully saturated rings. The standard InChI is InChI=1S/C10H10F3NO2/c11-10(12,13)7(8(14)9(15)16)6-4-2-1-3-5-6/h1-5,7-8H,14H2,(H,15,16)/t7?,8-/m1/s1. The van der Waals surface area contributed by atoms with E-state index in [0.717, 1.165) is 0 Å². The van der Waals surface area contributed by atoms with Gasteiger partial charge in [0.2, 0.25) is 0 Å². The number of carboxylic acid groups (broad SMARTS) is 1. The second-order valence-electron chi connectivity index (χ2n) is 3.29. The molecule has 0 saturated carbocycles. The van der Waals surface area contributed by atoms with E-state index in [1.54, 1.807) is 6.07 Å². The highest BCUT2D eigenvalue weighted by molar-refractivity contribution is 5.74. The van der Waals surface area contributed by atoms with Crippen molar-refractivity contribution in [1.82, 2.24) is 0 Å². The second-order valence-corrected chi connectivity index (χ2v) is 3.29. The molecule has 3 nitrogen and oxygen atoms in total. The average Bonchev–Trinajstić information content (AvgIpc) is 2.17.